The monoisotopic (exact) mass is 293 g/mol. The molecule has 15 heavy (non-hydrogen) atoms. The third-order valence-corrected chi connectivity index (χ3v) is 4.43. The summed E-state index contributed by atoms with van der Waals surface area (Å²) >= 11 is 5.22. The van der Waals surface area contributed by atoms with Gasteiger partial charge in [-0.3, -0.25) is 4.79 Å². The number of amides is 1. The number of alkyl halides is 1. The molecule has 1 N–H and O–H groups in total. The average molecular weight is 294 g/mol. The normalized spacial score (nSPS) is 22.5. The van der Waals surface area contributed by atoms with Gasteiger partial charge in [-0.05, 0) is 38.9 Å². The fourth-order valence-electron chi connectivity index (χ4n) is 1.66. The minimum absolute atomic E-state index is 0.0847. The van der Waals surface area contributed by atoms with Gasteiger partial charge in [-0.25, -0.2) is 0 Å². The highest BCUT2D eigenvalue weighted by Crippen LogP contribution is 2.25. The lowest BCUT2D eigenvalue weighted by molar-refractivity contribution is -0.122. The Hall–Kier alpha value is 0.300. The average Bonchev–Trinajstić information content (AvgIpc) is 2.18. The number of thioether (sulfide) groups is 1. The summed E-state index contributed by atoms with van der Waals surface area (Å²) in [7, 11) is 0. The van der Waals surface area contributed by atoms with Gasteiger partial charge >= 0.3 is 0 Å². The van der Waals surface area contributed by atoms with Crippen LogP contribution in [0.5, 0.6) is 0 Å². The van der Waals surface area contributed by atoms with E-state index >= 15 is 0 Å². The lowest BCUT2D eigenvalue weighted by Gasteiger charge is -2.29. The van der Waals surface area contributed by atoms with Gasteiger partial charge in [-0.2, -0.15) is 0 Å². The zero-order chi connectivity index (χ0) is 11.3. The Morgan fingerprint density at radius 3 is 2.80 bits per heavy atom. The summed E-state index contributed by atoms with van der Waals surface area (Å²) in [5.74, 6) is 1.36. The van der Waals surface area contributed by atoms with E-state index in [2.05, 4.69) is 35.1 Å². The van der Waals surface area contributed by atoms with E-state index in [1.54, 1.807) is 11.8 Å². The van der Waals surface area contributed by atoms with Gasteiger partial charge in [0.2, 0.25) is 5.91 Å². The second-order valence-electron chi connectivity index (χ2n) is 4.67. The fourth-order valence-corrected chi connectivity index (χ4v) is 3.85. The largest absolute Gasteiger partial charge is 0.350 e. The van der Waals surface area contributed by atoms with E-state index in [9.17, 15) is 4.79 Å². The number of hydrogen-bond donors (Lipinski definition) is 1. The van der Waals surface area contributed by atoms with Crippen LogP contribution in [-0.2, 0) is 4.79 Å². The number of rotatable bonds is 4. The molecule has 0 saturated carbocycles. The lowest BCUT2D eigenvalue weighted by Crippen LogP contribution is -2.47. The Kier molecular flexibility index (Phi) is 5.47. The zero-order valence-corrected chi connectivity index (χ0v) is 11.9. The molecule has 0 spiro atoms. The molecule has 0 aromatic carbocycles. The standard InChI is InChI=1S/C11H20BrNOS/c1-11(2,6-7-12)13-10(14)9-5-3-4-8-15-9/h9H,3-8H2,1-2H3,(H,13,14). The van der Waals surface area contributed by atoms with E-state index in [0.29, 0.717) is 0 Å². The van der Waals surface area contributed by atoms with Crippen LogP contribution in [0.4, 0.5) is 0 Å². The van der Waals surface area contributed by atoms with Crippen molar-refractivity contribution >= 4 is 33.6 Å². The molecule has 0 bridgehead atoms. The van der Waals surface area contributed by atoms with Crippen molar-refractivity contribution in [1.82, 2.24) is 5.32 Å². The Balaban J connectivity index is 2.39. The van der Waals surface area contributed by atoms with Crippen LogP contribution in [0.3, 0.4) is 0 Å². The first-order valence-corrected chi connectivity index (χ1v) is 7.72. The van der Waals surface area contributed by atoms with Crippen LogP contribution in [0, 0.1) is 0 Å². The summed E-state index contributed by atoms with van der Waals surface area (Å²) in [6, 6.07) is 0. The molecule has 88 valence electrons. The molecule has 1 aliphatic rings. The summed E-state index contributed by atoms with van der Waals surface area (Å²) in [6.45, 7) is 4.17. The van der Waals surface area contributed by atoms with Gasteiger partial charge in [0, 0.05) is 10.9 Å². The molecular weight excluding hydrogens is 274 g/mol. The molecule has 1 unspecified atom stereocenters. The molecule has 4 heteroatoms. The van der Waals surface area contributed by atoms with E-state index in [1.807, 2.05) is 0 Å². The van der Waals surface area contributed by atoms with Crippen molar-refractivity contribution in [3.63, 3.8) is 0 Å². The topological polar surface area (TPSA) is 29.1 Å². The number of nitrogens with one attached hydrogen (secondary N) is 1. The Morgan fingerprint density at radius 2 is 2.27 bits per heavy atom. The van der Waals surface area contributed by atoms with Gasteiger partial charge in [-0.15, -0.1) is 11.8 Å². The number of carbonyl (C=O) groups is 1. The molecule has 1 aliphatic heterocycles. The number of carbonyl (C=O) groups excluding carboxylic acids is 1. The van der Waals surface area contributed by atoms with E-state index in [0.717, 1.165) is 23.9 Å². The van der Waals surface area contributed by atoms with E-state index < -0.39 is 0 Å². The van der Waals surface area contributed by atoms with Crippen LogP contribution in [0.1, 0.15) is 39.5 Å². The fraction of sp³-hybridized carbons (Fsp3) is 0.909. The quantitative estimate of drug-likeness (QED) is 0.808. The predicted octanol–water partition coefficient (Wildman–Crippen LogP) is 2.95. The van der Waals surface area contributed by atoms with Crippen molar-refractivity contribution in [2.24, 2.45) is 0 Å². The highest BCUT2D eigenvalue weighted by Gasteiger charge is 2.26. The van der Waals surface area contributed by atoms with Gasteiger partial charge in [0.15, 0.2) is 0 Å². The molecule has 0 aromatic heterocycles. The molecule has 0 radical (unpaired) electrons. The first-order valence-electron chi connectivity index (χ1n) is 5.55. The minimum Gasteiger partial charge on any atom is -0.350 e. The molecule has 2 nitrogen and oxygen atoms in total. The number of halogens is 1. The van der Waals surface area contributed by atoms with Crippen molar-refractivity contribution in [3.8, 4) is 0 Å². The maximum Gasteiger partial charge on any atom is 0.233 e. The lowest BCUT2D eigenvalue weighted by atomic mass is 10.0. The van der Waals surface area contributed by atoms with Crippen LogP contribution >= 0.6 is 27.7 Å². The summed E-state index contributed by atoms with van der Waals surface area (Å²) in [6.07, 6.45) is 4.47. The second kappa shape index (κ2) is 6.14. The van der Waals surface area contributed by atoms with Gasteiger partial charge in [-0.1, -0.05) is 22.4 Å². The van der Waals surface area contributed by atoms with Gasteiger partial charge in [0.1, 0.15) is 0 Å². The van der Waals surface area contributed by atoms with Crippen molar-refractivity contribution in [2.45, 2.75) is 50.3 Å². The predicted molar refractivity (Wildman–Crippen MR) is 70.7 cm³/mol. The molecule has 0 aliphatic carbocycles. The highest BCUT2D eigenvalue weighted by molar-refractivity contribution is 9.09. The maximum atomic E-state index is 11.9. The first kappa shape index (κ1) is 13.4. The van der Waals surface area contributed by atoms with Crippen molar-refractivity contribution < 1.29 is 4.79 Å². The Labute approximate surface area is 105 Å². The van der Waals surface area contributed by atoms with E-state index in [4.69, 9.17) is 0 Å². The van der Waals surface area contributed by atoms with Crippen LogP contribution in [-0.4, -0.2) is 27.8 Å². The first-order chi connectivity index (χ1) is 7.05. The van der Waals surface area contributed by atoms with Crippen molar-refractivity contribution in [1.29, 1.82) is 0 Å². The maximum absolute atomic E-state index is 11.9. The Bertz CT molecular complexity index is 215. The summed E-state index contributed by atoms with van der Waals surface area (Å²) < 4.78 is 0. The SMILES string of the molecule is CC(C)(CCBr)NC(=O)C1CCCCS1. The molecule has 1 heterocycles. The molecular formula is C11H20BrNOS. The minimum atomic E-state index is -0.0847. The summed E-state index contributed by atoms with van der Waals surface area (Å²) in [5, 5.41) is 4.25. The second-order valence-corrected chi connectivity index (χ2v) is 6.77. The van der Waals surface area contributed by atoms with Crippen LogP contribution in [0.2, 0.25) is 0 Å². The van der Waals surface area contributed by atoms with E-state index in [-0.39, 0.29) is 16.7 Å². The van der Waals surface area contributed by atoms with Gasteiger partial charge in [0.25, 0.3) is 0 Å². The Morgan fingerprint density at radius 1 is 1.53 bits per heavy atom. The third kappa shape index (κ3) is 4.77. The number of hydrogen-bond acceptors (Lipinski definition) is 2. The molecule has 1 atom stereocenters. The third-order valence-electron chi connectivity index (χ3n) is 2.65. The van der Waals surface area contributed by atoms with Gasteiger partial charge < -0.3 is 5.32 Å². The molecule has 1 fully saturated rings. The van der Waals surface area contributed by atoms with Crippen LogP contribution in [0.25, 0.3) is 0 Å². The summed E-state index contributed by atoms with van der Waals surface area (Å²) in [4.78, 5) is 11.9. The highest BCUT2D eigenvalue weighted by atomic mass is 79.9. The van der Waals surface area contributed by atoms with E-state index in [1.165, 1.54) is 12.8 Å². The molecule has 1 saturated heterocycles. The van der Waals surface area contributed by atoms with Gasteiger partial charge in [0.05, 0.1) is 5.25 Å². The van der Waals surface area contributed by atoms with Crippen molar-refractivity contribution in [3.05, 3.63) is 0 Å². The zero-order valence-electron chi connectivity index (χ0n) is 9.51. The van der Waals surface area contributed by atoms with Crippen LogP contribution in [0.15, 0.2) is 0 Å². The molecule has 1 rings (SSSR count). The van der Waals surface area contributed by atoms with Crippen molar-refractivity contribution in [2.75, 3.05) is 11.1 Å². The summed E-state index contributed by atoms with van der Waals surface area (Å²) in [5.41, 5.74) is -0.0847. The molecule has 0 aromatic rings. The molecule has 1 amide bonds. The smallest absolute Gasteiger partial charge is 0.233 e. The van der Waals surface area contributed by atoms with Crippen LogP contribution < -0.4 is 5.32 Å².